The number of halogens is 1. The molecule has 0 unspecified atom stereocenters. The molecule has 2 aromatic rings. The Balaban J connectivity index is 2.55. The van der Waals surface area contributed by atoms with E-state index in [9.17, 15) is 10.4 Å². The zero-order valence-corrected chi connectivity index (χ0v) is 14.9. The van der Waals surface area contributed by atoms with Crippen LogP contribution in [0.2, 0.25) is 0 Å². The largest absolute Gasteiger partial charge is 0.503 e. The summed E-state index contributed by atoms with van der Waals surface area (Å²) in [5.41, 5.74) is 6.51. The molecule has 1 aromatic heterocycles. The Morgan fingerprint density at radius 1 is 1.38 bits per heavy atom. The minimum atomic E-state index is -0.0209. The summed E-state index contributed by atoms with van der Waals surface area (Å²) in [4.78, 5) is 13.9. The third kappa shape index (κ3) is 3.72. The molecule has 0 amide bonds. The van der Waals surface area contributed by atoms with Crippen LogP contribution in [0.4, 0.5) is 11.9 Å². The molecule has 8 nitrogen and oxygen atoms in total. The Morgan fingerprint density at radius 3 is 2.67 bits per heavy atom. The van der Waals surface area contributed by atoms with Crippen LogP contribution in [0.5, 0.6) is 11.5 Å². The lowest BCUT2D eigenvalue weighted by atomic mass is 10.1. The summed E-state index contributed by atoms with van der Waals surface area (Å²) in [5.74, 6) is 0.791. The second-order valence-electron chi connectivity index (χ2n) is 4.94. The fourth-order valence-electron chi connectivity index (χ4n) is 1.85. The number of hydrogen-bond donors (Lipinski definition) is 2. The fourth-order valence-corrected chi connectivity index (χ4v) is 2.31. The van der Waals surface area contributed by atoms with Crippen molar-refractivity contribution in [3.8, 4) is 17.6 Å². The average Bonchev–Trinajstić information content (AvgIpc) is 2.54. The molecular weight excluding hydrogens is 376 g/mol. The van der Waals surface area contributed by atoms with Crippen LogP contribution in [0.15, 0.2) is 16.6 Å². The van der Waals surface area contributed by atoms with Gasteiger partial charge in [0.05, 0.1) is 17.2 Å². The molecule has 0 aliphatic rings. The monoisotopic (exact) mass is 390 g/mol. The van der Waals surface area contributed by atoms with E-state index >= 15 is 0 Å². The van der Waals surface area contributed by atoms with E-state index in [1.807, 2.05) is 6.07 Å². The smallest absolute Gasteiger partial charge is 0.230 e. The Labute approximate surface area is 147 Å². The van der Waals surface area contributed by atoms with E-state index in [1.165, 1.54) is 7.11 Å². The molecule has 0 saturated heterocycles. The van der Waals surface area contributed by atoms with E-state index in [0.717, 1.165) is 0 Å². The lowest BCUT2D eigenvalue weighted by Gasteiger charge is -2.11. The Kier molecular flexibility index (Phi) is 5.21. The molecule has 3 N–H and O–H groups in total. The van der Waals surface area contributed by atoms with Crippen molar-refractivity contribution in [2.24, 2.45) is 0 Å². The number of rotatable bonds is 4. The molecule has 0 saturated carbocycles. The number of allylic oxidation sites excluding steroid dienone is 1. The summed E-state index contributed by atoms with van der Waals surface area (Å²) in [5, 5.41) is 19.3. The highest BCUT2D eigenvalue weighted by Gasteiger charge is 2.13. The summed E-state index contributed by atoms with van der Waals surface area (Å²) in [7, 11) is 4.96. The van der Waals surface area contributed by atoms with Gasteiger partial charge in [-0.1, -0.05) is 0 Å². The van der Waals surface area contributed by atoms with Crippen LogP contribution in [0.1, 0.15) is 11.4 Å². The number of aromatic hydroxyl groups is 1. The molecule has 1 heterocycles. The average molecular weight is 391 g/mol. The molecule has 0 fully saturated rings. The van der Waals surface area contributed by atoms with E-state index in [4.69, 9.17) is 10.5 Å². The van der Waals surface area contributed by atoms with Crippen LogP contribution in [0, 0.1) is 11.3 Å². The maximum atomic E-state index is 9.85. The summed E-state index contributed by atoms with van der Waals surface area (Å²) < 4.78 is 5.54. The first-order valence-corrected chi connectivity index (χ1v) is 7.52. The van der Waals surface area contributed by atoms with E-state index in [0.29, 0.717) is 16.0 Å². The van der Waals surface area contributed by atoms with Gasteiger partial charge in [-0.15, -0.1) is 0 Å². The molecule has 0 atom stereocenters. The highest BCUT2D eigenvalue weighted by molar-refractivity contribution is 9.10. The third-order valence-corrected chi connectivity index (χ3v) is 3.59. The van der Waals surface area contributed by atoms with Gasteiger partial charge in [0.2, 0.25) is 11.9 Å². The number of nitriles is 1. The Morgan fingerprint density at radius 2 is 2.08 bits per heavy atom. The lowest BCUT2D eigenvalue weighted by Crippen LogP contribution is -2.15. The van der Waals surface area contributed by atoms with Gasteiger partial charge in [0, 0.05) is 14.1 Å². The van der Waals surface area contributed by atoms with E-state index in [-0.39, 0.29) is 28.8 Å². The second-order valence-corrected chi connectivity index (χ2v) is 5.79. The first-order valence-electron chi connectivity index (χ1n) is 6.73. The lowest BCUT2D eigenvalue weighted by molar-refractivity contribution is 0.372. The molecule has 124 valence electrons. The van der Waals surface area contributed by atoms with Gasteiger partial charge in [-0.25, -0.2) is 0 Å². The molecule has 0 aliphatic carbocycles. The maximum Gasteiger partial charge on any atom is 0.230 e. The van der Waals surface area contributed by atoms with Crippen LogP contribution >= 0.6 is 15.9 Å². The van der Waals surface area contributed by atoms with Crippen molar-refractivity contribution >= 4 is 39.5 Å². The van der Waals surface area contributed by atoms with E-state index in [2.05, 4.69) is 30.9 Å². The number of hydrogen-bond acceptors (Lipinski definition) is 8. The number of nitrogen functional groups attached to an aromatic ring is 1. The molecule has 0 spiro atoms. The summed E-state index contributed by atoms with van der Waals surface area (Å²) in [6.45, 7) is 0. The van der Waals surface area contributed by atoms with Gasteiger partial charge in [0.1, 0.15) is 6.07 Å². The SMILES string of the molecule is COc1cc(/C=C(/C#N)c2nc(N)nc(N(C)C)n2)cc(Br)c1O. The number of ether oxygens (including phenoxy) is 1. The number of phenolic OH excluding ortho intramolecular Hbond substituents is 1. The number of nitrogens with two attached hydrogens (primary N) is 1. The van der Waals surface area contributed by atoms with Crippen molar-refractivity contribution in [1.82, 2.24) is 15.0 Å². The third-order valence-electron chi connectivity index (χ3n) is 2.98. The van der Waals surface area contributed by atoms with Gasteiger partial charge < -0.3 is 20.5 Å². The molecule has 24 heavy (non-hydrogen) atoms. The number of benzene rings is 1. The summed E-state index contributed by atoms with van der Waals surface area (Å²) >= 11 is 3.24. The summed E-state index contributed by atoms with van der Waals surface area (Å²) in [6.07, 6.45) is 1.57. The molecule has 2 rings (SSSR count). The molecule has 1 aromatic carbocycles. The highest BCUT2D eigenvalue weighted by atomic mass is 79.9. The predicted octanol–water partition coefficient (Wildman–Crippen LogP) is 2.06. The Hall–Kier alpha value is -2.86. The first-order chi connectivity index (χ1) is 11.3. The van der Waals surface area contributed by atoms with Crippen molar-refractivity contribution in [3.63, 3.8) is 0 Å². The van der Waals surface area contributed by atoms with E-state index < -0.39 is 0 Å². The zero-order chi connectivity index (χ0) is 17.9. The Bertz CT molecular complexity index is 845. The van der Waals surface area contributed by atoms with Crippen LogP contribution in [-0.4, -0.2) is 41.3 Å². The van der Waals surface area contributed by atoms with Gasteiger partial charge in [-0.3, -0.25) is 0 Å². The molecule has 0 bridgehead atoms. The van der Waals surface area contributed by atoms with Crippen molar-refractivity contribution in [3.05, 3.63) is 28.0 Å². The molecule has 0 radical (unpaired) electrons. The predicted molar refractivity (Wildman–Crippen MR) is 94.4 cm³/mol. The number of anilines is 2. The molecule has 0 aliphatic heterocycles. The van der Waals surface area contributed by atoms with Crippen LogP contribution in [0.3, 0.4) is 0 Å². The van der Waals surface area contributed by atoms with Gasteiger partial charge in [0.15, 0.2) is 17.3 Å². The van der Waals surface area contributed by atoms with Gasteiger partial charge in [-0.05, 0) is 39.7 Å². The van der Waals surface area contributed by atoms with Crippen LogP contribution < -0.4 is 15.4 Å². The quantitative estimate of drug-likeness (QED) is 0.760. The zero-order valence-electron chi connectivity index (χ0n) is 13.3. The van der Waals surface area contributed by atoms with Crippen LogP contribution in [0.25, 0.3) is 11.6 Å². The van der Waals surface area contributed by atoms with Crippen LogP contribution in [-0.2, 0) is 0 Å². The number of methoxy groups -OCH3 is 1. The fraction of sp³-hybridized carbons (Fsp3) is 0.200. The van der Waals surface area contributed by atoms with Gasteiger partial charge >= 0.3 is 0 Å². The summed E-state index contributed by atoms with van der Waals surface area (Å²) in [6, 6.07) is 5.28. The van der Waals surface area contributed by atoms with Crippen molar-refractivity contribution in [2.45, 2.75) is 0 Å². The first kappa shape index (κ1) is 17.5. The van der Waals surface area contributed by atoms with Crippen molar-refractivity contribution in [1.29, 1.82) is 5.26 Å². The molecule has 9 heteroatoms. The molecular formula is C15H15BrN6O2. The van der Waals surface area contributed by atoms with Gasteiger partial charge in [0.25, 0.3) is 0 Å². The number of nitrogens with zero attached hydrogens (tertiary/aromatic N) is 5. The maximum absolute atomic E-state index is 9.85. The minimum Gasteiger partial charge on any atom is -0.503 e. The second kappa shape index (κ2) is 7.14. The number of aromatic nitrogens is 3. The minimum absolute atomic E-state index is 0.0209. The normalized spacial score (nSPS) is 11.0. The topological polar surface area (TPSA) is 121 Å². The highest BCUT2D eigenvalue weighted by Crippen LogP contribution is 2.36. The standard InChI is InChI=1S/C15H15BrN6O2/c1-22(2)15-20-13(19-14(18)21-15)9(7-17)4-8-5-10(16)12(23)11(6-8)24-3/h4-6,23H,1-3H3,(H2,18,19,20,21)/b9-4-. The van der Waals surface area contributed by atoms with Crippen molar-refractivity contribution in [2.75, 3.05) is 31.8 Å². The number of phenols is 1. The van der Waals surface area contributed by atoms with Crippen molar-refractivity contribution < 1.29 is 9.84 Å². The van der Waals surface area contributed by atoms with E-state index in [1.54, 1.807) is 37.2 Å². The van der Waals surface area contributed by atoms with Gasteiger partial charge in [-0.2, -0.15) is 20.2 Å².